The Bertz CT molecular complexity index is 733. The third-order valence-corrected chi connectivity index (χ3v) is 3.81. The Labute approximate surface area is 126 Å². The fourth-order valence-corrected chi connectivity index (χ4v) is 2.75. The Kier molecular flexibility index (Phi) is 3.74. The molecule has 0 unspecified atom stereocenters. The molecule has 0 aliphatic rings. The van der Waals surface area contributed by atoms with Crippen molar-refractivity contribution >= 4 is 32.5 Å². The standard InChI is InChI=1S/C16H16BrN3/c1-2-20-16-9-4-3-8-14(16)15(19-20)11-18-13-7-5-6-12(17)10-13/h3-10,18H,2,11H2,1H3. The van der Waals surface area contributed by atoms with Crippen molar-refractivity contribution in [3.05, 3.63) is 58.7 Å². The number of hydrogen-bond donors (Lipinski definition) is 1. The lowest BCUT2D eigenvalue weighted by atomic mass is 10.2. The maximum atomic E-state index is 4.69. The van der Waals surface area contributed by atoms with Crippen LogP contribution in [0.3, 0.4) is 0 Å². The van der Waals surface area contributed by atoms with E-state index in [1.807, 2.05) is 16.8 Å². The highest BCUT2D eigenvalue weighted by molar-refractivity contribution is 9.10. The zero-order chi connectivity index (χ0) is 13.9. The van der Waals surface area contributed by atoms with Gasteiger partial charge in [-0.3, -0.25) is 4.68 Å². The molecule has 102 valence electrons. The molecule has 4 heteroatoms. The average molecular weight is 330 g/mol. The number of nitrogens with zero attached hydrogens (tertiary/aromatic N) is 2. The second-order valence-corrected chi connectivity index (χ2v) is 5.56. The summed E-state index contributed by atoms with van der Waals surface area (Å²) in [5, 5.41) is 9.33. The summed E-state index contributed by atoms with van der Waals surface area (Å²) in [7, 11) is 0. The van der Waals surface area contributed by atoms with Crippen molar-refractivity contribution in [1.82, 2.24) is 9.78 Å². The van der Waals surface area contributed by atoms with E-state index in [9.17, 15) is 0 Å². The van der Waals surface area contributed by atoms with E-state index in [-0.39, 0.29) is 0 Å². The van der Waals surface area contributed by atoms with Gasteiger partial charge in [0.25, 0.3) is 0 Å². The summed E-state index contributed by atoms with van der Waals surface area (Å²) >= 11 is 3.48. The third-order valence-electron chi connectivity index (χ3n) is 3.32. The molecule has 1 aromatic heterocycles. The number of rotatable bonds is 4. The molecule has 1 N–H and O–H groups in total. The van der Waals surface area contributed by atoms with Crippen LogP contribution < -0.4 is 5.32 Å². The first-order chi connectivity index (χ1) is 9.78. The van der Waals surface area contributed by atoms with Crippen molar-refractivity contribution in [3.8, 4) is 0 Å². The second kappa shape index (κ2) is 5.67. The molecule has 0 aliphatic carbocycles. The van der Waals surface area contributed by atoms with Crippen molar-refractivity contribution in [3.63, 3.8) is 0 Å². The first-order valence-corrected chi connectivity index (χ1v) is 7.51. The fraction of sp³-hybridized carbons (Fsp3) is 0.188. The summed E-state index contributed by atoms with van der Waals surface area (Å²) in [6, 6.07) is 16.5. The van der Waals surface area contributed by atoms with E-state index in [0.717, 1.165) is 28.9 Å². The summed E-state index contributed by atoms with van der Waals surface area (Å²) in [6.45, 7) is 3.73. The molecule has 0 bridgehead atoms. The van der Waals surface area contributed by atoms with Gasteiger partial charge < -0.3 is 5.32 Å². The van der Waals surface area contributed by atoms with E-state index < -0.39 is 0 Å². The van der Waals surface area contributed by atoms with Crippen LogP contribution in [0.1, 0.15) is 12.6 Å². The van der Waals surface area contributed by atoms with Crippen molar-refractivity contribution < 1.29 is 0 Å². The Hall–Kier alpha value is -1.81. The number of fused-ring (bicyclic) bond motifs is 1. The monoisotopic (exact) mass is 329 g/mol. The first kappa shape index (κ1) is 13.2. The predicted molar refractivity (Wildman–Crippen MR) is 86.9 cm³/mol. The van der Waals surface area contributed by atoms with Crippen LogP contribution in [-0.4, -0.2) is 9.78 Å². The number of aromatic nitrogens is 2. The summed E-state index contributed by atoms with van der Waals surface area (Å²) in [6.07, 6.45) is 0. The van der Waals surface area contributed by atoms with Crippen molar-refractivity contribution in [2.24, 2.45) is 0 Å². The van der Waals surface area contributed by atoms with Gasteiger partial charge in [0.05, 0.1) is 17.8 Å². The van der Waals surface area contributed by atoms with Gasteiger partial charge in [-0.05, 0) is 31.2 Å². The molecule has 20 heavy (non-hydrogen) atoms. The Morgan fingerprint density at radius 2 is 2.00 bits per heavy atom. The van der Waals surface area contributed by atoms with E-state index in [1.165, 1.54) is 10.9 Å². The lowest BCUT2D eigenvalue weighted by molar-refractivity contribution is 0.671. The van der Waals surface area contributed by atoms with Crippen molar-refractivity contribution in [2.45, 2.75) is 20.0 Å². The summed E-state index contributed by atoms with van der Waals surface area (Å²) in [5.74, 6) is 0. The van der Waals surface area contributed by atoms with E-state index in [1.54, 1.807) is 0 Å². The first-order valence-electron chi connectivity index (χ1n) is 6.72. The lowest BCUT2D eigenvalue weighted by Gasteiger charge is -2.05. The maximum absolute atomic E-state index is 4.69. The Morgan fingerprint density at radius 3 is 2.80 bits per heavy atom. The third kappa shape index (κ3) is 2.56. The van der Waals surface area contributed by atoms with Gasteiger partial charge >= 0.3 is 0 Å². The Morgan fingerprint density at radius 1 is 1.15 bits per heavy atom. The number of benzene rings is 2. The number of aryl methyl sites for hydroxylation is 1. The largest absolute Gasteiger partial charge is 0.379 e. The molecular formula is C16H16BrN3. The van der Waals surface area contributed by atoms with Gasteiger partial charge in [0, 0.05) is 22.1 Å². The Balaban J connectivity index is 1.88. The van der Waals surface area contributed by atoms with Crippen LogP contribution in [0, 0.1) is 0 Å². The van der Waals surface area contributed by atoms with Crippen LogP contribution in [-0.2, 0) is 13.1 Å². The molecule has 0 amide bonds. The minimum absolute atomic E-state index is 0.726. The molecule has 0 radical (unpaired) electrons. The zero-order valence-electron chi connectivity index (χ0n) is 11.3. The maximum Gasteiger partial charge on any atom is 0.0894 e. The minimum atomic E-state index is 0.726. The molecular weight excluding hydrogens is 314 g/mol. The zero-order valence-corrected chi connectivity index (χ0v) is 12.9. The molecule has 2 aromatic carbocycles. The summed E-state index contributed by atoms with van der Waals surface area (Å²) in [4.78, 5) is 0. The SMILES string of the molecule is CCn1nc(CNc2cccc(Br)c2)c2ccccc21. The number of hydrogen-bond acceptors (Lipinski definition) is 2. The molecule has 3 rings (SSSR count). The molecule has 0 saturated heterocycles. The van der Waals surface area contributed by atoms with Crippen LogP contribution in [0.5, 0.6) is 0 Å². The smallest absolute Gasteiger partial charge is 0.0894 e. The van der Waals surface area contributed by atoms with E-state index >= 15 is 0 Å². The van der Waals surface area contributed by atoms with Gasteiger partial charge in [0.2, 0.25) is 0 Å². The molecule has 1 heterocycles. The van der Waals surface area contributed by atoms with E-state index in [2.05, 4.69) is 69.7 Å². The molecule has 3 nitrogen and oxygen atoms in total. The highest BCUT2D eigenvalue weighted by atomic mass is 79.9. The van der Waals surface area contributed by atoms with Crippen molar-refractivity contribution in [1.29, 1.82) is 0 Å². The van der Waals surface area contributed by atoms with E-state index in [4.69, 9.17) is 0 Å². The predicted octanol–water partition coefficient (Wildman–Crippen LogP) is 4.43. The molecule has 0 saturated carbocycles. The quantitative estimate of drug-likeness (QED) is 0.767. The van der Waals surface area contributed by atoms with Gasteiger partial charge in [-0.2, -0.15) is 5.10 Å². The summed E-state index contributed by atoms with van der Waals surface area (Å²) in [5.41, 5.74) is 3.37. The van der Waals surface area contributed by atoms with Gasteiger partial charge in [0.1, 0.15) is 0 Å². The normalized spacial score (nSPS) is 10.9. The van der Waals surface area contributed by atoms with Crippen LogP contribution in [0.15, 0.2) is 53.0 Å². The highest BCUT2D eigenvalue weighted by Gasteiger charge is 2.08. The molecule has 3 aromatic rings. The highest BCUT2D eigenvalue weighted by Crippen LogP contribution is 2.21. The topological polar surface area (TPSA) is 29.9 Å². The number of nitrogens with one attached hydrogen (secondary N) is 1. The fourth-order valence-electron chi connectivity index (χ4n) is 2.35. The molecule has 0 atom stereocenters. The number of para-hydroxylation sites is 1. The molecule has 0 aliphatic heterocycles. The average Bonchev–Trinajstić information content (AvgIpc) is 2.83. The second-order valence-electron chi connectivity index (χ2n) is 4.64. The van der Waals surface area contributed by atoms with Gasteiger partial charge in [-0.15, -0.1) is 0 Å². The molecule has 0 fully saturated rings. The number of anilines is 1. The molecule has 0 spiro atoms. The van der Waals surface area contributed by atoms with Gasteiger partial charge in [0.15, 0.2) is 0 Å². The van der Waals surface area contributed by atoms with Crippen LogP contribution in [0.25, 0.3) is 10.9 Å². The van der Waals surface area contributed by atoms with Gasteiger partial charge in [-0.25, -0.2) is 0 Å². The van der Waals surface area contributed by atoms with Crippen LogP contribution in [0.2, 0.25) is 0 Å². The van der Waals surface area contributed by atoms with Crippen LogP contribution >= 0.6 is 15.9 Å². The number of halogens is 1. The van der Waals surface area contributed by atoms with Crippen LogP contribution in [0.4, 0.5) is 5.69 Å². The van der Waals surface area contributed by atoms with Gasteiger partial charge in [-0.1, -0.05) is 40.2 Å². The summed E-state index contributed by atoms with van der Waals surface area (Å²) < 4.78 is 3.12. The van der Waals surface area contributed by atoms with E-state index in [0.29, 0.717) is 0 Å². The minimum Gasteiger partial charge on any atom is -0.379 e. The van der Waals surface area contributed by atoms with Crippen molar-refractivity contribution in [2.75, 3.05) is 5.32 Å². The lowest BCUT2D eigenvalue weighted by Crippen LogP contribution is -2.02.